The maximum absolute atomic E-state index is 9.63. The minimum atomic E-state index is 0.369. The van der Waals surface area contributed by atoms with E-state index < -0.39 is 0 Å². The van der Waals surface area contributed by atoms with Crippen LogP contribution in [-0.4, -0.2) is 24.4 Å². The van der Waals surface area contributed by atoms with Crippen LogP contribution in [-0.2, 0) is 4.74 Å². The summed E-state index contributed by atoms with van der Waals surface area (Å²) in [5.41, 5.74) is 3.13. The number of rotatable bonds is 2. The Kier molecular flexibility index (Phi) is 3.57. The standard InChI is InChI=1S/C14H21NO2/c1-9-7-14(16)10(2)6-13(9)15-12-4-5-17-8-11(12)3/h6-7,11-12,15-16H,4-5,8H2,1-3H3. The van der Waals surface area contributed by atoms with Crippen molar-refractivity contribution in [3.8, 4) is 5.75 Å². The van der Waals surface area contributed by atoms with Crippen molar-refractivity contribution in [2.24, 2.45) is 5.92 Å². The van der Waals surface area contributed by atoms with E-state index in [9.17, 15) is 5.11 Å². The van der Waals surface area contributed by atoms with Gasteiger partial charge >= 0.3 is 0 Å². The molecule has 2 atom stereocenters. The third-order valence-corrected chi connectivity index (χ3v) is 3.52. The van der Waals surface area contributed by atoms with Crippen LogP contribution >= 0.6 is 0 Å². The maximum Gasteiger partial charge on any atom is 0.118 e. The molecule has 1 saturated heterocycles. The Balaban J connectivity index is 2.15. The van der Waals surface area contributed by atoms with Crippen molar-refractivity contribution in [3.63, 3.8) is 0 Å². The van der Waals surface area contributed by atoms with E-state index in [1.165, 1.54) is 0 Å². The lowest BCUT2D eigenvalue weighted by Gasteiger charge is -2.31. The molecule has 94 valence electrons. The molecule has 0 saturated carbocycles. The second-order valence-electron chi connectivity index (χ2n) is 5.05. The molecule has 1 aromatic rings. The maximum atomic E-state index is 9.63. The number of aromatic hydroxyl groups is 1. The molecule has 3 heteroatoms. The van der Waals surface area contributed by atoms with Gasteiger partial charge in [0.05, 0.1) is 6.61 Å². The van der Waals surface area contributed by atoms with Gasteiger partial charge in [-0.25, -0.2) is 0 Å². The molecule has 1 aromatic carbocycles. The highest BCUT2D eigenvalue weighted by Gasteiger charge is 2.22. The molecule has 0 amide bonds. The molecule has 2 unspecified atom stereocenters. The monoisotopic (exact) mass is 235 g/mol. The number of hydrogen-bond donors (Lipinski definition) is 2. The third-order valence-electron chi connectivity index (χ3n) is 3.52. The van der Waals surface area contributed by atoms with Crippen LogP contribution in [0.4, 0.5) is 5.69 Å². The predicted octanol–water partition coefficient (Wildman–Crippen LogP) is 2.85. The summed E-state index contributed by atoms with van der Waals surface area (Å²) < 4.78 is 5.44. The number of aryl methyl sites for hydroxylation is 2. The number of hydrogen-bond acceptors (Lipinski definition) is 3. The number of anilines is 1. The minimum absolute atomic E-state index is 0.369. The van der Waals surface area contributed by atoms with Crippen LogP contribution in [0.2, 0.25) is 0 Å². The molecule has 1 aliphatic rings. The van der Waals surface area contributed by atoms with E-state index in [0.29, 0.717) is 17.7 Å². The van der Waals surface area contributed by atoms with Gasteiger partial charge in [0, 0.05) is 18.3 Å². The summed E-state index contributed by atoms with van der Waals surface area (Å²) in [6.45, 7) is 7.81. The first kappa shape index (κ1) is 12.2. The second-order valence-corrected chi connectivity index (χ2v) is 5.05. The van der Waals surface area contributed by atoms with Crippen LogP contribution in [0.25, 0.3) is 0 Å². The summed E-state index contributed by atoms with van der Waals surface area (Å²) in [6.07, 6.45) is 1.04. The normalized spacial score (nSPS) is 24.6. The largest absolute Gasteiger partial charge is 0.508 e. The summed E-state index contributed by atoms with van der Waals surface area (Å²) >= 11 is 0. The molecule has 17 heavy (non-hydrogen) atoms. The summed E-state index contributed by atoms with van der Waals surface area (Å²) in [6, 6.07) is 4.31. The molecule has 0 aliphatic carbocycles. The number of ether oxygens (including phenoxy) is 1. The van der Waals surface area contributed by atoms with Crippen LogP contribution in [0.15, 0.2) is 12.1 Å². The SMILES string of the molecule is Cc1cc(NC2CCOCC2C)c(C)cc1O. The van der Waals surface area contributed by atoms with Gasteiger partial charge in [0.15, 0.2) is 0 Å². The molecule has 2 rings (SSSR count). The van der Waals surface area contributed by atoms with Gasteiger partial charge in [-0.05, 0) is 49.4 Å². The summed E-state index contributed by atoms with van der Waals surface area (Å²) in [5.74, 6) is 0.894. The van der Waals surface area contributed by atoms with E-state index in [0.717, 1.165) is 36.4 Å². The topological polar surface area (TPSA) is 41.5 Å². The highest BCUT2D eigenvalue weighted by atomic mass is 16.5. The molecule has 0 aromatic heterocycles. The Labute approximate surface area is 103 Å². The van der Waals surface area contributed by atoms with Crippen LogP contribution in [0.1, 0.15) is 24.5 Å². The summed E-state index contributed by atoms with van der Waals surface area (Å²) in [7, 11) is 0. The Morgan fingerprint density at radius 3 is 2.76 bits per heavy atom. The Morgan fingerprint density at radius 1 is 1.29 bits per heavy atom. The van der Waals surface area contributed by atoms with Crippen molar-refractivity contribution in [1.29, 1.82) is 0 Å². The molecule has 1 heterocycles. The lowest BCUT2D eigenvalue weighted by atomic mass is 9.97. The molecule has 0 radical (unpaired) electrons. The quantitative estimate of drug-likeness (QED) is 0.774. The summed E-state index contributed by atoms with van der Waals surface area (Å²) in [5, 5.41) is 13.2. The fourth-order valence-electron chi connectivity index (χ4n) is 2.25. The molecule has 1 aliphatic heterocycles. The highest BCUT2D eigenvalue weighted by molar-refractivity contribution is 5.57. The van der Waals surface area contributed by atoms with Gasteiger partial charge in [-0.15, -0.1) is 0 Å². The number of phenolic OH excluding ortho intramolecular Hbond substituents is 1. The first-order valence-corrected chi connectivity index (χ1v) is 6.22. The molecular weight excluding hydrogens is 214 g/mol. The average molecular weight is 235 g/mol. The van der Waals surface area contributed by atoms with Crippen molar-refractivity contribution in [2.75, 3.05) is 18.5 Å². The smallest absolute Gasteiger partial charge is 0.118 e. The van der Waals surface area contributed by atoms with Crippen molar-refractivity contribution in [3.05, 3.63) is 23.3 Å². The predicted molar refractivity (Wildman–Crippen MR) is 69.6 cm³/mol. The van der Waals surface area contributed by atoms with Crippen LogP contribution < -0.4 is 5.32 Å². The van der Waals surface area contributed by atoms with Gasteiger partial charge < -0.3 is 15.2 Å². The van der Waals surface area contributed by atoms with Crippen molar-refractivity contribution in [1.82, 2.24) is 0 Å². The van der Waals surface area contributed by atoms with Gasteiger partial charge in [0.25, 0.3) is 0 Å². The van der Waals surface area contributed by atoms with Gasteiger partial charge in [-0.1, -0.05) is 6.92 Å². The Bertz CT molecular complexity index is 403. The van der Waals surface area contributed by atoms with E-state index >= 15 is 0 Å². The van der Waals surface area contributed by atoms with Gasteiger partial charge in [0.1, 0.15) is 5.75 Å². The molecule has 1 fully saturated rings. The number of nitrogens with one attached hydrogen (secondary N) is 1. The van der Waals surface area contributed by atoms with Gasteiger partial charge in [-0.3, -0.25) is 0 Å². The molecule has 3 nitrogen and oxygen atoms in total. The fourth-order valence-corrected chi connectivity index (χ4v) is 2.25. The lowest BCUT2D eigenvalue weighted by Crippen LogP contribution is -2.36. The number of phenols is 1. The highest BCUT2D eigenvalue weighted by Crippen LogP contribution is 2.27. The van der Waals surface area contributed by atoms with Crippen LogP contribution in [0, 0.1) is 19.8 Å². The van der Waals surface area contributed by atoms with Crippen molar-refractivity contribution in [2.45, 2.75) is 33.2 Å². The third kappa shape index (κ3) is 2.72. The zero-order chi connectivity index (χ0) is 12.4. The first-order valence-electron chi connectivity index (χ1n) is 6.22. The van der Waals surface area contributed by atoms with E-state index in [-0.39, 0.29) is 0 Å². The van der Waals surface area contributed by atoms with E-state index in [1.54, 1.807) is 0 Å². The molecular formula is C14H21NO2. The van der Waals surface area contributed by atoms with Gasteiger partial charge in [-0.2, -0.15) is 0 Å². The summed E-state index contributed by atoms with van der Waals surface area (Å²) in [4.78, 5) is 0. The minimum Gasteiger partial charge on any atom is -0.508 e. The molecule has 0 spiro atoms. The lowest BCUT2D eigenvalue weighted by molar-refractivity contribution is 0.0537. The molecule has 0 bridgehead atoms. The van der Waals surface area contributed by atoms with E-state index in [4.69, 9.17) is 4.74 Å². The second kappa shape index (κ2) is 4.96. The fraction of sp³-hybridized carbons (Fsp3) is 0.571. The molecule has 2 N–H and O–H groups in total. The zero-order valence-corrected chi connectivity index (χ0v) is 10.8. The van der Waals surface area contributed by atoms with Crippen molar-refractivity contribution >= 4 is 5.69 Å². The number of benzene rings is 1. The first-order chi connectivity index (χ1) is 8.08. The van der Waals surface area contributed by atoms with Crippen LogP contribution in [0.3, 0.4) is 0 Å². The Morgan fingerprint density at radius 2 is 2.06 bits per heavy atom. The Hall–Kier alpha value is -1.22. The van der Waals surface area contributed by atoms with E-state index in [1.807, 2.05) is 26.0 Å². The van der Waals surface area contributed by atoms with E-state index in [2.05, 4.69) is 12.2 Å². The zero-order valence-electron chi connectivity index (χ0n) is 10.8. The van der Waals surface area contributed by atoms with Crippen LogP contribution in [0.5, 0.6) is 5.75 Å². The van der Waals surface area contributed by atoms with Gasteiger partial charge in [0.2, 0.25) is 0 Å². The van der Waals surface area contributed by atoms with Crippen molar-refractivity contribution < 1.29 is 9.84 Å². The average Bonchev–Trinajstić information content (AvgIpc) is 2.29.